The van der Waals surface area contributed by atoms with E-state index in [4.69, 9.17) is 9.47 Å². The maximum absolute atomic E-state index is 13.4. The van der Waals surface area contributed by atoms with E-state index in [-0.39, 0.29) is 17.7 Å². The predicted molar refractivity (Wildman–Crippen MR) is 129 cm³/mol. The van der Waals surface area contributed by atoms with Crippen LogP contribution in [0.5, 0.6) is 11.5 Å². The molecule has 0 aromatic heterocycles. The number of allylic oxidation sites excluding steroid dienone is 2. The highest BCUT2D eigenvalue weighted by Crippen LogP contribution is 2.31. The number of carbonyl (C=O) groups excluding carboxylic acids is 2. The molecule has 1 fully saturated rings. The van der Waals surface area contributed by atoms with Gasteiger partial charge in [-0.2, -0.15) is 0 Å². The third-order valence-corrected chi connectivity index (χ3v) is 6.48. The summed E-state index contributed by atoms with van der Waals surface area (Å²) in [5.74, 6) is 0.613. The van der Waals surface area contributed by atoms with Gasteiger partial charge in [-0.15, -0.1) is 0 Å². The minimum absolute atomic E-state index is 0.0638. The molecule has 2 atom stereocenters. The molecule has 0 saturated carbocycles. The first-order valence-electron chi connectivity index (χ1n) is 11.4. The van der Waals surface area contributed by atoms with Gasteiger partial charge in [-0.25, -0.2) is 0 Å². The SMILES string of the molecule is COc1ccc(N2CCN(C(=O)C3CC=CCC3C(=O)Nc3ccccc3OC)CC2)cc1. The summed E-state index contributed by atoms with van der Waals surface area (Å²) >= 11 is 0. The van der Waals surface area contributed by atoms with Crippen molar-refractivity contribution in [1.82, 2.24) is 4.90 Å². The summed E-state index contributed by atoms with van der Waals surface area (Å²) in [5.41, 5.74) is 1.75. The Bertz CT molecular complexity index is 997. The standard InChI is InChI=1S/C26H31N3O4/c1-32-20-13-11-19(12-14-20)28-15-17-29(18-16-28)26(31)22-8-4-3-7-21(22)25(30)27-23-9-5-6-10-24(23)33-2/h3-6,9-14,21-22H,7-8,15-18H2,1-2H3,(H,27,30). The molecule has 0 radical (unpaired) electrons. The van der Waals surface area contributed by atoms with Crippen molar-refractivity contribution in [2.24, 2.45) is 11.8 Å². The van der Waals surface area contributed by atoms with E-state index in [1.165, 1.54) is 0 Å². The molecule has 4 rings (SSSR count). The number of carbonyl (C=O) groups is 2. The Labute approximate surface area is 195 Å². The van der Waals surface area contributed by atoms with E-state index in [1.54, 1.807) is 20.3 Å². The van der Waals surface area contributed by atoms with Crippen molar-refractivity contribution >= 4 is 23.2 Å². The molecule has 0 bridgehead atoms. The molecule has 1 aliphatic heterocycles. The highest BCUT2D eigenvalue weighted by Gasteiger charge is 2.37. The number of methoxy groups -OCH3 is 2. The van der Waals surface area contributed by atoms with E-state index >= 15 is 0 Å². The summed E-state index contributed by atoms with van der Waals surface area (Å²) in [6.07, 6.45) is 5.16. The van der Waals surface area contributed by atoms with Gasteiger partial charge in [0.15, 0.2) is 0 Å². The number of rotatable bonds is 6. The van der Waals surface area contributed by atoms with E-state index in [2.05, 4.69) is 10.2 Å². The van der Waals surface area contributed by atoms with Crippen molar-refractivity contribution in [2.75, 3.05) is 50.6 Å². The van der Waals surface area contributed by atoms with Crippen LogP contribution in [0.4, 0.5) is 11.4 Å². The van der Waals surface area contributed by atoms with Gasteiger partial charge in [-0.3, -0.25) is 9.59 Å². The maximum atomic E-state index is 13.4. The average Bonchev–Trinajstić information content (AvgIpc) is 2.88. The second-order valence-electron chi connectivity index (χ2n) is 8.36. The second kappa shape index (κ2) is 10.4. The van der Waals surface area contributed by atoms with Crippen LogP contribution in [0, 0.1) is 11.8 Å². The van der Waals surface area contributed by atoms with Crippen molar-refractivity contribution < 1.29 is 19.1 Å². The van der Waals surface area contributed by atoms with E-state index in [1.807, 2.05) is 59.5 Å². The zero-order valence-electron chi connectivity index (χ0n) is 19.2. The number of ether oxygens (including phenoxy) is 2. The Kier molecular flexibility index (Phi) is 7.17. The first-order valence-corrected chi connectivity index (χ1v) is 11.4. The highest BCUT2D eigenvalue weighted by molar-refractivity contribution is 5.97. The van der Waals surface area contributed by atoms with Gasteiger partial charge in [0, 0.05) is 31.9 Å². The van der Waals surface area contributed by atoms with Gasteiger partial charge < -0.3 is 24.6 Å². The van der Waals surface area contributed by atoms with Gasteiger partial charge >= 0.3 is 0 Å². The quantitative estimate of drug-likeness (QED) is 0.683. The number of nitrogens with zero attached hydrogens (tertiary/aromatic N) is 2. The van der Waals surface area contributed by atoms with Crippen LogP contribution in [0.25, 0.3) is 0 Å². The van der Waals surface area contributed by atoms with Crippen molar-refractivity contribution in [1.29, 1.82) is 0 Å². The second-order valence-corrected chi connectivity index (χ2v) is 8.36. The fourth-order valence-electron chi connectivity index (χ4n) is 4.56. The smallest absolute Gasteiger partial charge is 0.228 e. The van der Waals surface area contributed by atoms with Crippen LogP contribution in [0.15, 0.2) is 60.7 Å². The lowest BCUT2D eigenvalue weighted by Crippen LogP contribution is -2.52. The van der Waals surface area contributed by atoms with Crippen LogP contribution in [0.1, 0.15) is 12.8 Å². The Morgan fingerprint density at radius 1 is 0.848 bits per heavy atom. The van der Waals surface area contributed by atoms with Crippen molar-refractivity contribution in [3.05, 3.63) is 60.7 Å². The van der Waals surface area contributed by atoms with Gasteiger partial charge in [0.25, 0.3) is 0 Å². The summed E-state index contributed by atoms with van der Waals surface area (Å²) in [5, 5.41) is 2.97. The first-order chi connectivity index (χ1) is 16.1. The van der Waals surface area contributed by atoms with Crippen LogP contribution < -0.4 is 19.7 Å². The lowest BCUT2D eigenvalue weighted by atomic mass is 9.81. The molecule has 2 unspecified atom stereocenters. The van der Waals surface area contributed by atoms with Crippen molar-refractivity contribution in [3.8, 4) is 11.5 Å². The molecule has 1 saturated heterocycles. The summed E-state index contributed by atoms with van der Waals surface area (Å²) in [7, 11) is 3.23. The van der Waals surface area contributed by atoms with Crippen LogP contribution in [0.2, 0.25) is 0 Å². The number of para-hydroxylation sites is 2. The molecule has 1 aliphatic carbocycles. The highest BCUT2D eigenvalue weighted by atomic mass is 16.5. The summed E-state index contributed by atoms with van der Waals surface area (Å²) in [6.45, 7) is 2.81. The molecule has 2 aliphatic rings. The fourth-order valence-corrected chi connectivity index (χ4v) is 4.56. The Hall–Kier alpha value is -3.48. The Morgan fingerprint density at radius 2 is 1.52 bits per heavy atom. The largest absolute Gasteiger partial charge is 0.497 e. The van der Waals surface area contributed by atoms with Gasteiger partial charge in [0.05, 0.1) is 31.7 Å². The van der Waals surface area contributed by atoms with Crippen molar-refractivity contribution in [2.45, 2.75) is 12.8 Å². The van der Waals surface area contributed by atoms with Crippen molar-refractivity contribution in [3.63, 3.8) is 0 Å². The normalized spacial score (nSPS) is 20.3. The third kappa shape index (κ3) is 5.13. The minimum Gasteiger partial charge on any atom is -0.497 e. The molecular formula is C26H31N3O4. The zero-order valence-corrected chi connectivity index (χ0v) is 19.2. The average molecular weight is 450 g/mol. The molecule has 33 heavy (non-hydrogen) atoms. The van der Waals surface area contributed by atoms with Crippen LogP contribution in [-0.4, -0.2) is 57.1 Å². The van der Waals surface area contributed by atoms with Crippen LogP contribution in [0.3, 0.4) is 0 Å². The van der Waals surface area contributed by atoms with E-state index in [0.29, 0.717) is 37.4 Å². The number of amides is 2. The molecule has 2 aromatic rings. The first kappa shape index (κ1) is 22.7. The molecule has 2 amide bonds. The molecule has 7 heteroatoms. The van der Waals surface area contributed by atoms with Gasteiger partial charge in [0.1, 0.15) is 11.5 Å². The van der Waals surface area contributed by atoms with E-state index in [0.717, 1.165) is 24.5 Å². The van der Waals surface area contributed by atoms with Crippen LogP contribution in [-0.2, 0) is 9.59 Å². The molecular weight excluding hydrogens is 418 g/mol. The van der Waals surface area contributed by atoms with E-state index in [9.17, 15) is 9.59 Å². The topological polar surface area (TPSA) is 71.1 Å². The van der Waals surface area contributed by atoms with Gasteiger partial charge in [-0.1, -0.05) is 24.3 Å². The maximum Gasteiger partial charge on any atom is 0.228 e. The van der Waals surface area contributed by atoms with Gasteiger partial charge in [0.2, 0.25) is 11.8 Å². The molecule has 7 nitrogen and oxygen atoms in total. The fraction of sp³-hybridized carbons (Fsp3) is 0.385. The number of nitrogens with one attached hydrogen (secondary N) is 1. The monoisotopic (exact) mass is 449 g/mol. The molecule has 1 N–H and O–H groups in total. The summed E-state index contributed by atoms with van der Waals surface area (Å²) < 4.78 is 10.6. The Balaban J connectivity index is 1.39. The molecule has 0 spiro atoms. The summed E-state index contributed by atoms with van der Waals surface area (Å²) in [4.78, 5) is 30.7. The minimum atomic E-state index is -0.396. The van der Waals surface area contributed by atoms with Gasteiger partial charge in [-0.05, 0) is 49.2 Å². The predicted octanol–water partition coefficient (Wildman–Crippen LogP) is 3.57. The number of hydrogen-bond acceptors (Lipinski definition) is 5. The number of benzene rings is 2. The lowest BCUT2D eigenvalue weighted by molar-refractivity contribution is -0.141. The third-order valence-electron chi connectivity index (χ3n) is 6.48. The number of anilines is 2. The van der Waals surface area contributed by atoms with Crippen LogP contribution >= 0.6 is 0 Å². The lowest BCUT2D eigenvalue weighted by Gasteiger charge is -2.39. The Morgan fingerprint density at radius 3 is 2.18 bits per heavy atom. The zero-order chi connectivity index (χ0) is 23.2. The molecule has 2 aromatic carbocycles. The molecule has 174 valence electrons. The number of piperazine rings is 1. The number of hydrogen-bond donors (Lipinski definition) is 1. The molecule has 1 heterocycles. The summed E-state index contributed by atoms with van der Waals surface area (Å²) in [6, 6.07) is 15.3. The van der Waals surface area contributed by atoms with E-state index < -0.39 is 5.92 Å².